The van der Waals surface area contributed by atoms with Crippen molar-refractivity contribution in [2.75, 3.05) is 5.32 Å². The molecular formula is C13H13ClN2O2. The number of furan rings is 1. The zero-order valence-corrected chi connectivity index (χ0v) is 10.6. The molecule has 0 saturated carbocycles. The summed E-state index contributed by atoms with van der Waals surface area (Å²) in [6, 6.07) is 10.0. The summed E-state index contributed by atoms with van der Waals surface area (Å²) in [6.45, 7) is 1.85. The molecule has 1 atom stereocenters. The largest absolute Gasteiger partial charge is 0.467 e. The molecule has 1 aromatic carbocycles. The molecule has 0 radical (unpaired) electrons. The van der Waals surface area contributed by atoms with Crippen molar-refractivity contribution in [3.05, 3.63) is 53.4 Å². The third-order valence-electron chi connectivity index (χ3n) is 2.42. The number of urea groups is 1. The van der Waals surface area contributed by atoms with Crippen molar-refractivity contribution in [3.63, 3.8) is 0 Å². The van der Waals surface area contributed by atoms with Crippen LogP contribution < -0.4 is 10.6 Å². The SMILES string of the molecule is C[C@H](NC(=O)Nc1ccc(Cl)cc1)c1ccco1. The van der Waals surface area contributed by atoms with Gasteiger partial charge in [-0.15, -0.1) is 0 Å². The standard InChI is InChI=1S/C13H13ClN2O2/c1-9(12-3-2-8-18-12)15-13(17)16-11-6-4-10(14)5-7-11/h2-9H,1H3,(H2,15,16,17)/t9-/m0/s1. The predicted molar refractivity (Wildman–Crippen MR) is 70.7 cm³/mol. The van der Waals surface area contributed by atoms with Crippen LogP contribution in [0.25, 0.3) is 0 Å². The Hall–Kier alpha value is -1.94. The van der Waals surface area contributed by atoms with Crippen molar-refractivity contribution < 1.29 is 9.21 Å². The van der Waals surface area contributed by atoms with Crippen LogP contribution in [0.15, 0.2) is 47.1 Å². The second-order valence-electron chi connectivity index (χ2n) is 3.84. The first-order valence-corrected chi connectivity index (χ1v) is 5.89. The van der Waals surface area contributed by atoms with E-state index < -0.39 is 0 Å². The number of benzene rings is 1. The van der Waals surface area contributed by atoms with Gasteiger partial charge in [-0.3, -0.25) is 0 Å². The third-order valence-corrected chi connectivity index (χ3v) is 2.67. The zero-order valence-electron chi connectivity index (χ0n) is 9.81. The van der Waals surface area contributed by atoms with Crippen LogP contribution in [0.3, 0.4) is 0 Å². The Balaban J connectivity index is 1.91. The van der Waals surface area contributed by atoms with E-state index in [9.17, 15) is 4.79 Å². The molecule has 0 aliphatic carbocycles. The van der Waals surface area contributed by atoms with Crippen molar-refractivity contribution in [1.29, 1.82) is 0 Å². The third kappa shape index (κ3) is 3.28. The Morgan fingerprint density at radius 1 is 1.28 bits per heavy atom. The summed E-state index contributed by atoms with van der Waals surface area (Å²) in [6.07, 6.45) is 1.57. The average molecular weight is 265 g/mol. The predicted octanol–water partition coefficient (Wildman–Crippen LogP) is 3.82. The fourth-order valence-electron chi connectivity index (χ4n) is 1.51. The summed E-state index contributed by atoms with van der Waals surface area (Å²) >= 11 is 5.76. The van der Waals surface area contributed by atoms with Crippen LogP contribution in [0.2, 0.25) is 5.02 Å². The number of carbonyl (C=O) groups is 1. The molecule has 0 saturated heterocycles. The Morgan fingerprint density at radius 3 is 2.61 bits per heavy atom. The van der Waals surface area contributed by atoms with E-state index in [4.69, 9.17) is 16.0 Å². The van der Waals surface area contributed by atoms with Gasteiger partial charge in [0.1, 0.15) is 5.76 Å². The molecule has 0 aliphatic rings. The second kappa shape index (κ2) is 5.60. The van der Waals surface area contributed by atoms with E-state index in [0.717, 1.165) is 0 Å². The minimum Gasteiger partial charge on any atom is -0.467 e. The Bertz CT molecular complexity index is 508. The van der Waals surface area contributed by atoms with Crippen molar-refractivity contribution in [2.24, 2.45) is 0 Å². The summed E-state index contributed by atoms with van der Waals surface area (Å²) in [7, 11) is 0. The maximum Gasteiger partial charge on any atom is 0.319 e. The Morgan fingerprint density at radius 2 is 2.00 bits per heavy atom. The van der Waals surface area contributed by atoms with Crippen LogP contribution in [-0.2, 0) is 0 Å². The molecule has 94 valence electrons. The van der Waals surface area contributed by atoms with Gasteiger partial charge in [0.05, 0.1) is 12.3 Å². The number of anilines is 1. The van der Waals surface area contributed by atoms with Gasteiger partial charge in [-0.2, -0.15) is 0 Å². The number of halogens is 1. The molecule has 0 unspecified atom stereocenters. The highest BCUT2D eigenvalue weighted by atomic mass is 35.5. The van der Waals surface area contributed by atoms with Crippen LogP contribution in [0, 0.1) is 0 Å². The van der Waals surface area contributed by atoms with Gasteiger partial charge in [-0.25, -0.2) is 4.79 Å². The fourth-order valence-corrected chi connectivity index (χ4v) is 1.63. The number of nitrogens with one attached hydrogen (secondary N) is 2. The minimum absolute atomic E-state index is 0.188. The second-order valence-corrected chi connectivity index (χ2v) is 4.28. The van der Waals surface area contributed by atoms with E-state index in [1.165, 1.54) is 0 Å². The number of hydrogen-bond acceptors (Lipinski definition) is 2. The molecule has 0 aliphatic heterocycles. The molecule has 2 N–H and O–H groups in total. The molecule has 0 fully saturated rings. The lowest BCUT2D eigenvalue weighted by Gasteiger charge is -2.12. The molecule has 4 nitrogen and oxygen atoms in total. The van der Waals surface area contributed by atoms with Crippen LogP contribution in [0.1, 0.15) is 18.7 Å². The van der Waals surface area contributed by atoms with Gasteiger partial charge in [0.15, 0.2) is 0 Å². The Labute approximate surface area is 110 Å². The molecule has 0 spiro atoms. The maximum atomic E-state index is 11.7. The first-order valence-electron chi connectivity index (χ1n) is 5.51. The summed E-state index contributed by atoms with van der Waals surface area (Å²) in [5, 5.41) is 6.11. The average Bonchev–Trinajstić information content (AvgIpc) is 2.85. The summed E-state index contributed by atoms with van der Waals surface area (Å²) in [5.41, 5.74) is 0.684. The van der Waals surface area contributed by atoms with Gasteiger partial charge in [0.2, 0.25) is 0 Å². The highest BCUT2D eigenvalue weighted by molar-refractivity contribution is 6.30. The van der Waals surface area contributed by atoms with Crippen molar-refractivity contribution in [2.45, 2.75) is 13.0 Å². The lowest BCUT2D eigenvalue weighted by molar-refractivity contribution is 0.247. The quantitative estimate of drug-likeness (QED) is 0.886. The van der Waals surface area contributed by atoms with E-state index in [2.05, 4.69) is 10.6 Å². The molecule has 2 amide bonds. The highest BCUT2D eigenvalue weighted by Gasteiger charge is 2.11. The van der Waals surface area contributed by atoms with Gasteiger partial charge in [0, 0.05) is 10.7 Å². The van der Waals surface area contributed by atoms with E-state index in [1.807, 2.05) is 13.0 Å². The van der Waals surface area contributed by atoms with Gasteiger partial charge < -0.3 is 15.1 Å². The van der Waals surface area contributed by atoms with Crippen molar-refractivity contribution >= 4 is 23.3 Å². The molecule has 5 heteroatoms. The fraction of sp³-hybridized carbons (Fsp3) is 0.154. The van der Waals surface area contributed by atoms with Gasteiger partial charge in [-0.05, 0) is 43.3 Å². The molecule has 2 rings (SSSR count). The van der Waals surface area contributed by atoms with Gasteiger partial charge in [0.25, 0.3) is 0 Å². The smallest absolute Gasteiger partial charge is 0.319 e. The van der Waals surface area contributed by atoms with Crippen LogP contribution in [0.5, 0.6) is 0 Å². The van der Waals surface area contributed by atoms with Crippen molar-refractivity contribution in [1.82, 2.24) is 5.32 Å². The molecule has 1 heterocycles. The monoisotopic (exact) mass is 264 g/mol. The lowest BCUT2D eigenvalue weighted by atomic mass is 10.2. The van der Waals surface area contributed by atoms with E-state index in [0.29, 0.717) is 16.5 Å². The normalized spacial score (nSPS) is 11.9. The lowest BCUT2D eigenvalue weighted by Crippen LogP contribution is -2.30. The Kier molecular flexibility index (Phi) is 3.89. The first-order chi connectivity index (χ1) is 8.65. The molecule has 2 aromatic rings. The number of rotatable bonds is 3. The van der Waals surface area contributed by atoms with E-state index in [-0.39, 0.29) is 12.1 Å². The van der Waals surface area contributed by atoms with Crippen LogP contribution in [-0.4, -0.2) is 6.03 Å². The summed E-state index contributed by atoms with van der Waals surface area (Å²) in [4.78, 5) is 11.7. The maximum absolute atomic E-state index is 11.7. The summed E-state index contributed by atoms with van der Waals surface area (Å²) in [5.74, 6) is 0.709. The topological polar surface area (TPSA) is 54.3 Å². The van der Waals surface area contributed by atoms with Crippen LogP contribution >= 0.6 is 11.6 Å². The van der Waals surface area contributed by atoms with Crippen LogP contribution in [0.4, 0.5) is 10.5 Å². The molecular weight excluding hydrogens is 252 g/mol. The number of hydrogen-bond donors (Lipinski definition) is 2. The molecule has 1 aromatic heterocycles. The van der Waals surface area contributed by atoms with Gasteiger partial charge >= 0.3 is 6.03 Å². The number of amides is 2. The van der Waals surface area contributed by atoms with E-state index >= 15 is 0 Å². The van der Waals surface area contributed by atoms with E-state index in [1.54, 1.807) is 36.6 Å². The number of carbonyl (C=O) groups excluding carboxylic acids is 1. The summed E-state index contributed by atoms with van der Waals surface area (Å²) < 4.78 is 5.20. The highest BCUT2D eigenvalue weighted by Crippen LogP contribution is 2.15. The minimum atomic E-state index is -0.291. The molecule has 0 bridgehead atoms. The van der Waals surface area contributed by atoms with Crippen molar-refractivity contribution in [3.8, 4) is 0 Å². The van der Waals surface area contributed by atoms with Gasteiger partial charge in [-0.1, -0.05) is 11.6 Å². The zero-order chi connectivity index (χ0) is 13.0. The molecule has 18 heavy (non-hydrogen) atoms. The first kappa shape index (κ1) is 12.5.